The minimum Gasteiger partial charge on any atom is -0.494 e. The largest absolute Gasteiger partial charge is 0.494 e. The van der Waals surface area contributed by atoms with Crippen LogP contribution in [-0.2, 0) is 4.74 Å². The van der Waals surface area contributed by atoms with Gasteiger partial charge in [0.2, 0.25) is 0 Å². The Morgan fingerprint density at radius 1 is 1.16 bits per heavy atom. The molecule has 1 N–H and O–H groups in total. The van der Waals surface area contributed by atoms with E-state index in [0.717, 1.165) is 38.5 Å². The fraction of sp³-hybridized carbons (Fsp3) is 0.625. The van der Waals surface area contributed by atoms with Crippen LogP contribution in [-0.4, -0.2) is 33.4 Å². The molecule has 19 heavy (non-hydrogen) atoms. The van der Waals surface area contributed by atoms with E-state index in [1.807, 2.05) is 30.3 Å². The van der Waals surface area contributed by atoms with Crippen LogP contribution in [0.4, 0.5) is 0 Å². The summed E-state index contributed by atoms with van der Waals surface area (Å²) in [5.74, 6) is 0.977. The summed E-state index contributed by atoms with van der Waals surface area (Å²) in [6, 6.07) is 10.1. The Bertz CT molecular complexity index is 349. The highest BCUT2D eigenvalue weighted by Crippen LogP contribution is 2.48. The van der Waals surface area contributed by atoms with Crippen molar-refractivity contribution in [2.45, 2.75) is 25.7 Å². The maximum absolute atomic E-state index is 5.73. The van der Waals surface area contributed by atoms with Crippen LogP contribution < -0.4 is 10.1 Å². The maximum atomic E-state index is 5.73. The van der Waals surface area contributed by atoms with E-state index in [2.05, 4.69) is 5.32 Å². The molecule has 0 atom stereocenters. The minimum atomic E-state index is 0.549. The molecule has 0 radical (unpaired) electrons. The Kier molecular flexibility index (Phi) is 5.67. The van der Waals surface area contributed by atoms with Crippen molar-refractivity contribution in [3.8, 4) is 5.75 Å². The topological polar surface area (TPSA) is 30.5 Å². The highest BCUT2D eigenvalue weighted by molar-refractivity contribution is 5.20. The summed E-state index contributed by atoms with van der Waals surface area (Å²) >= 11 is 0. The second-order valence-corrected chi connectivity index (χ2v) is 5.43. The van der Waals surface area contributed by atoms with Crippen molar-refractivity contribution >= 4 is 0 Å². The van der Waals surface area contributed by atoms with E-state index in [4.69, 9.17) is 9.47 Å². The molecular formula is C16H25NO2. The monoisotopic (exact) mass is 263 g/mol. The van der Waals surface area contributed by atoms with Gasteiger partial charge in [-0.2, -0.15) is 0 Å². The van der Waals surface area contributed by atoms with Gasteiger partial charge >= 0.3 is 0 Å². The van der Waals surface area contributed by atoms with E-state index in [1.165, 1.54) is 19.3 Å². The second-order valence-electron chi connectivity index (χ2n) is 5.43. The quantitative estimate of drug-likeness (QED) is 0.658. The molecule has 0 bridgehead atoms. The van der Waals surface area contributed by atoms with Crippen molar-refractivity contribution in [1.82, 2.24) is 5.32 Å². The summed E-state index contributed by atoms with van der Waals surface area (Å²) in [6.45, 7) is 3.71. The average Bonchev–Trinajstić information content (AvgIpc) is 3.22. The molecule has 3 heteroatoms. The SMILES string of the molecule is COCCNCC1(CCCOc2ccccc2)CC1. The Hall–Kier alpha value is -1.06. The van der Waals surface area contributed by atoms with Gasteiger partial charge in [-0.15, -0.1) is 0 Å². The van der Waals surface area contributed by atoms with E-state index in [-0.39, 0.29) is 0 Å². The Morgan fingerprint density at radius 2 is 1.95 bits per heavy atom. The molecule has 1 fully saturated rings. The molecule has 3 nitrogen and oxygen atoms in total. The smallest absolute Gasteiger partial charge is 0.119 e. The number of hydrogen-bond donors (Lipinski definition) is 1. The number of rotatable bonds is 10. The van der Waals surface area contributed by atoms with Gasteiger partial charge in [0.15, 0.2) is 0 Å². The first-order chi connectivity index (χ1) is 9.35. The first kappa shape index (κ1) is 14.4. The zero-order valence-electron chi connectivity index (χ0n) is 11.9. The molecule has 1 saturated carbocycles. The Morgan fingerprint density at radius 3 is 2.63 bits per heavy atom. The number of benzene rings is 1. The molecule has 0 unspecified atom stereocenters. The number of hydrogen-bond acceptors (Lipinski definition) is 3. The van der Waals surface area contributed by atoms with Crippen LogP contribution in [0.15, 0.2) is 30.3 Å². The summed E-state index contributed by atoms with van der Waals surface area (Å²) < 4.78 is 10.8. The number of methoxy groups -OCH3 is 1. The highest BCUT2D eigenvalue weighted by atomic mass is 16.5. The molecule has 2 rings (SSSR count). The van der Waals surface area contributed by atoms with E-state index in [0.29, 0.717) is 5.41 Å². The Labute approximate surface area is 116 Å². The lowest BCUT2D eigenvalue weighted by Crippen LogP contribution is -2.27. The molecule has 1 aliphatic carbocycles. The molecule has 0 aliphatic heterocycles. The summed E-state index contributed by atoms with van der Waals surface area (Å²) in [6.07, 6.45) is 5.12. The van der Waals surface area contributed by atoms with Gasteiger partial charge in [0.1, 0.15) is 5.75 Å². The van der Waals surface area contributed by atoms with Gasteiger partial charge in [-0.05, 0) is 43.2 Å². The molecule has 0 heterocycles. The molecule has 0 aromatic heterocycles. The van der Waals surface area contributed by atoms with Gasteiger partial charge in [-0.1, -0.05) is 18.2 Å². The predicted molar refractivity (Wildman–Crippen MR) is 77.6 cm³/mol. The fourth-order valence-electron chi connectivity index (χ4n) is 2.37. The van der Waals surface area contributed by atoms with Crippen LogP contribution in [0.2, 0.25) is 0 Å². The molecular weight excluding hydrogens is 238 g/mol. The predicted octanol–water partition coefficient (Wildman–Crippen LogP) is 2.86. The normalized spacial score (nSPS) is 16.3. The fourth-order valence-corrected chi connectivity index (χ4v) is 2.37. The van der Waals surface area contributed by atoms with Crippen molar-refractivity contribution in [2.24, 2.45) is 5.41 Å². The van der Waals surface area contributed by atoms with Crippen LogP contribution in [0.25, 0.3) is 0 Å². The van der Waals surface area contributed by atoms with Crippen molar-refractivity contribution in [2.75, 3.05) is 33.4 Å². The van der Waals surface area contributed by atoms with Crippen molar-refractivity contribution in [1.29, 1.82) is 0 Å². The maximum Gasteiger partial charge on any atom is 0.119 e. The summed E-state index contributed by atoms with van der Waals surface area (Å²) in [5, 5.41) is 3.48. The van der Waals surface area contributed by atoms with E-state index in [1.54, 1.807) is 7.11 Å². The van der Waals surface area contributed by atoms with Crippen LogP contribution in [0.1, 0.15) is 25.7 Å². The number of para-hydroxylation sites is 1. The lowest BCUT2D eigenvalue weighted by Gasteiger charge is -2.16. The van der Waals surface area contributed by atoms with Crippen LogP contribution >= 0.6 is 0 Å². The van der Waals surface area contributed by atoms with E-state index in [9.17, 15) is 0 Å². The second kappa shape index (κ2) is 7.51. The Balaban J connectivity index is 1.55. The van der Waals surface area contributed by atoms with Crippen molar-refractivity contribution < 1.29 is 9.47 Å². The molecule has 106 valence electrons. The molecule has 1 aromatic carbocycles. The van der Waals surface area contributed by atoms with Gasteiger partial charge in [0.05, 0.1) is 13.2 Å². The zero-order chi connectivity index (χ0) is 13.4. The van der Waals surface area contributed by atoms with Gasteiger partial charge in [-0.3, -0.25) is 0 Å². The molecule has 1 aromatic rings. The van der Waals surface area contributed by atoms with E-state index < -0.39 is 0 Å². The summed E-state index contributed by atoms with van der Waals surface area (Å²) in [7, 11) is 1.75. The standard InChI is InChI=1S/C16H25NO2/c1-18-13-11-17-14-16(9-10-16)8-5-12-19-15-6-3-2-4-7-15/h2-4,6-7,17H,5,8-14H2,1H3. The van der Waals surface area contributed by atoms with Crippen LogP contribution in [0.3, 0.4) is 0 Å². The number of nitrogens with one attached hydrogen (secondary N) is 1. The van der Waals surface area contributed by atoms with Gasteiger partial charge < -0.3 is 14.8 Å². The lowest BCUT2D eigenvalue weighted by molar-refractivity contribution is 0.196. The highest BCUT2D eigenvalue weighted by Gasteiger charge is 2.41. The molecule has 1 aliphatic rings. The summed E-state index contributed by atoms with van der Waals surface area (Å²) in [4.78, 5) is 0. The van der Waals surface area contributed by atoms with E-state index >= 15 is 0 Å². The average molecular weight is 263 g/mol. The first-order valence-electron chi connectivity index (χ1n) is 7.22. The van der Waals surface area contributed by atoms with Gasteiger partial charge in [0, 0.05) is 20.2 Å². The summed E-state index contributed by atoms with van der Waals surface area (Å²) in [5.41, 5.74) is 0.549. The third-order valence-corrected chi connectivity index (χ3v) is 3.80. The first-order valence-corrected chi connectivity index (χ1v) is 7.22. The molecule has 0 amide bonds. The zero-order valence-corrected chi connectivity index (χ0v) is 11.9. The molecule has 0 spiro atoms. The third kappa shape index (κ3) is 5.21. The minimum absolute atomic E-state index is 0.549. The van der Waals surface area contributed by atoms with Gasteiger partial charge in [0.25, 0.3) is 0 Å². The lowest BCUT2D eigenvalue weighted by atomic mass is 10.0. The molecule has 0 saturated heterocycles. The van der Waals surface area contributed by atoms with Gasteiger partial charge in [-0.25, -0.2) is 0 Å². The van der Waals surface area contributed by atoms with Crippen LogP contribution in [0.5, 0.6) is 5.75 Å². The van der Waals surface area contributed by atoms with Crippen molar-refractivity contribution in [3.05, 3.63) is 30.3 Å². The number of ether oxygens (including phenoxy) is 2. The van der Waals surface area contributed by atoms with Crippen molar-refractivity contribution in [3.63, 3.8) is 0 Å². The third-order valence-electron chi connectivity index (χ3n) is 3.80. The van der Waals surface area contributed by atoms with Crippen LogP contribution in [0, 0.1) is 5.41 Å².